The van der Waals surface area contributed by atoms with Gasteiger partial charge in [0.05, 0.1) is 0 Å². The highest BCUT2D eigenvalue weighted by atomic mass is 16.3. The van der Waals surface area contributed by atoms with Crippen LogP contribution in [0, 0.1) is 0 Å². The van der Waals surface area contributed by atoms with Crippen LogP contribution in [0.4, 0.5) is 0 Å². The standard InChI is InChI=1S/C15H24O2/c1-6-7-10(2)11-8-12(16)14(13(17)9-11)15(3,4)5/h8-10,16-17H,6-7H2,1-5H3. The molecule has 0 aliphatic carbocycles. The third kappa shape index (κ3) is 3.15. The number of phenols is 2. The first-order valence-corrected chi connectivity index (χ1v) is 6.33. The minimum Gasteiger partial charge on any atom is -0.507 e. The van der Waals surface area contributed by atoms with E-state index < -0.39 is 0 Å². The van der Waals surface area contributed by atoms with Crippen molar-refractivity contribution in [2.24, 2.45) is 0 Å². The first kappa shape index (κ1) is 13.9. The molecule has 2 nitrogen and oxygen atoms in total. The van der Waals surface area contributed by atoms with E-state index in [1.807, 2.05) is 20.8 Å². The molecule has 0 fully saturated rings. The molecular weight excluding hydrogens is 212 g/mol. The lowest BCUT2D eigenvalue weighted by Gasteiger charge is -2.23. The van der Waals surface area contributed by atoms with Crippen molar-refractivity contribution in [3.8, 4) is 11.5 Å². The van der Waals surface area contributed by atoms with Gasteiger partial charge in [0.2, 0.25) is 0 Å². The molecule has 1 aromatic rings. The highest BCUT2D eigenvalue weighted by molar-refractivity contribution is 5.50. The van der Waals surface area contributed by atoms with Crippen LogP contribution in [0.3, 0.4) is 0 Å². The molecule has 2 heteroatoms. The summed E-state index contributed by atoms with van der Waals surface area (Å²) in [5, 5.41) is 20.1. The molecule has 0 saturated heterocycles. The van der Waals surface area contributed by atoms with E-state index in [2.05, 4.69) is 13.8 Å². The summed E-state index contributed by atoms with van der Waals surface area (Å²) in [6.45, 7) is 10.2. The number of hydrogen-bond acceptors (Lipinski definition) is 2. The minimum absolute atomic E-state index is 0.204. The van der Waals surface area contributed by atoms with Crippen LogP contribution in [0.15, 0.2) is 12.1 Å². The van der Waals surface area contributed by atoms with Crippen LogP contribution in [0.25, 0.3) is 0 Å². The zero-order valence-electron chi connectivity index (χ0n) is 11.5. The van der Waals surface area contributed by atoms with Gasteiger partial charge in [-0.25, -0.2) is 0 Å². The Labute approximate surface area is 104 Å². The number of hydrogen-bond donors (Lipinski definition) is 2. The quantitative estimate of drug-likeness (QED) is 0.821. The average Bonchev–Trinajstić information content (AvgIpc) is 2.14. The Balaban J connectivity index is 3.18. The Morgan fingerprint density at radius 1 is 1.12 bits per heavy atom. The molecule has 0 spiro atoms. The van der Waals surface area contributed by atoms with Crippen molar-refractivity contribution in [1.29, 1.82) is 0 Å². The summed E-state index contributed by atoms with van der Waals surface area (Å²) in [5.74, 6) is 0.775. The van der Waals surface area contributed by atoms with Crippen LogP contribution >= 0.6 is 0 Å². The predicted octanol–water partition coefficient (Wildman–Crippen LogP) is 4.30. The second-order valence-corrected chi connectivity index (χ2v) is 5.87. The van der Waals surface area contributed by atoms with Crippen molar-refractivity contribution in [2.75, 3.05) is 0 Å². The van der Waals surface area contributed by atoms with Gasteiger partial charge in [-0.2, -0.15) is 0 Å². The average molecular weight is 236 g/mol. The molecule has 0 heterocycles. The Bertz CT molecular complexity index is 365. The SMILES string of the molecule is CCCC(C)c1cc(O)c(C(C)(C)C)c(O)c1. The third-order valence-electron chi connectivity index (χ3n) is 3.16. The maximum absolute atomic E-state index is 10.1. The molecule has 0 radical (unpaired) electrons. The monoisotopic (exact) mass is 236 g/mol. The lowest BCUT2D eigenvalue weighted by molar-refractivity contribution is 0.408. The fraction of sp³-hybridized carbons (Fsp3) is 0.600. The van der Waals surface area contributed by atoms with Crippen molar-refractivity contribution in [3.63, 3.8) is 0 Å². The van der Waals surface area contributed by atoms with E-state index in [9.17, 15) is 10.2 Å². The maximum atomic E-state index is 10.1. The van der Waals surface area contributed by atoms with Gasteiger partial charge in [-0.15, -0.1) is 0 Å². The number of aromatic hydroxyl groups is 2. The number of benzene rings is 1. The lowest BCUT2D eigenvalue weighted by Crippen LogP contribution is -2.12. The highest BCUT2D eigenvalue weighted by Crippen LogP contribution is 2.40. The van der Waals surface area contributed by atoms with Gasteiger partial charge in [0, 0.05) is 5.56 Å². The van der Waals surface area contributed by atoms with Crippen molar-refractivity contribution in [2.45, 2.75) is 58.8 Å². The highest BCUT2D eigenvalue weighted by Gasteiger charge is 2.23. The molecule has 96 valence electrons. The normalized spacial score (nSPS) is 13.7. The van der Waals surface area contributed by atoms with Gasteiger partial charge in [0.25, 0.3) is 0 Å². The molecule has 0 aliphatic heterocycles. The summed E-state index contributed by atoms with van der Waals surface area (Å²) in [7, 11) is 0. The second kappa shape index (κ2) is 4.99. The Morgan fingerprint density at radius 2 is 1.59 bits per heavy atom. The van der Waals surface area contributed by atoms with E-state index in [0.717, 1.165) is 18.4 Å². The molecule has 1 atom stereocenters. The van der Waals surface area contributed by atoms with Crippen LogP contribution in [0.1, 0.15) is 64.5 Å². The number of rotatable bonds is 3. The molecule has 0 bridgehead atoms. The van der Waals surface area contributed by atoms with Crippen LogP contribution in [-0.2, 0) is 5.41 Å². The number of phenolic OH excluding ortho intramolecular Hbond substituents is 2. The summed E-state index contributed by atoms with van der Waals surface area (Å²) >= 11 is 0. The topological polar surface area (TPSA) is 40.5 Å². The minimum atomic E-state index is -0.249. The molecule has 0 saturated carbocycles. The summed E-state index contributed by atoms with van der Waals surface area (Å²) in [6.07, 6.45) is 2.16. The van der Waals surface area contributed by atoms with Gasteiger partial charge in [-0.3, -0.25) is 0 Å². The first-order valence-electron chi connectivity index (χ1n) is 6.33. The van der Waals surface area contributed by atoms with Crippen molar-refractivity contribution in [3.05, 3.63) is 23.3 Å². The fourth-order valence-corrected chi connectivity index (χ4v) is 2.29. The third-order valence-corrected chi connectivity index (χ3v) is 3.16. The molecule has 0 amide bonds. The van der Waals surface area contributed by atoms with E-state index in [4.69, 9.17) is 0 Å². The van der Waals surface area contributed by atoms with E-state index in [-0.39, 0.29) is 16.9 Å². The van der Waals surface area contributed by atoms with Crippen LogP contribution in [-0.4, -0.2) is 10.2 Å². The first-order chi connectivity index (χ1) is 7.77. The fourth-order valence-electron chi connectivity index (χ4n) is 2.29. The predicted molar refractivity (Wildman–Crippen MR) is 71.8 cm³/mol. The molecule has 17 heavy (non-hydrogen) atoms. The van der Waals surface area contributed by atoms with Gasteiger partial charge < -0.3 is 10.2 Å². The van der Waals surface area contributed by atoms with E-state index >= 15 is 0 Å². The van der Waals surface area contributed by atoms with Gasteiger partial charge in [0.1, 0.15) is 11.5 Å². The van der Waals surface area contributed by atoms with Crippen molar-refractivity contribution in [1.82, 2.24) is 0 Å². The van der Waals surface area contributed by atoms with Crippen molar-refractivity contribution >= 4 is 0 Å². The van der Waals surface area contributed by atoms with E-state index in [0.29, 0.717) is 11.5 Å². The van der Waals surface area contributed by atoms with Crippen molar-refractivity contribution < 1.29 is 10.2 Å². The Hall–Kier alpha value is -1.18. The second-order valence-electron chi connectivity index (χ2n) is 5.87. The molecule has 0 aliphatic rings. The van der Waals surface area contributed by atoms with E-state index in [1.165, 1.54) is 0 Å². The molecular formula is C15H24O2. The molecule has 1 aromatic carbocycles. The van der Waals surface area contributed by atoms with Gasteiger partial charge in [-0.05, 0) is 35.4 Å². The summed E-state index contributed by atoms with van der Waals surface area (Å²) in [4.78, 5) is 0. The van der Waals surface area contributed by atoms with E-state index in [1.54, 1.807) is 12.1 Å². The van der Waals surface area contributed by atoms with Gasteiger partial charge >= 0.3 is 0 Å². The molecule has 0 aromatic heterocycles. The van der Waals surface area contributed by atoms with Crippen LogP contribution in [0.2, 0.25) is 0 Å². The molecule has 1 unspecified atom stereocenters. The largest absolute Gasteiger partial charge is 0.507 e. The maximum Gasteiger partial charge on any atom is 0.123 e. The summed E-state index contributed by atoms with van der Waals surface area (Å²) < 4.78 is 0. The summed E-state index contributed by atoms with van der Waals surface area (Å²) in [5.41, 5.74) is 1.39. The zero-order chi connectivity index (χ0) is 13.2. The Kier molecular flexibility index (Phi) is 4.07. The smallest absolute Gasteiger partial charge is 0.123 e. The summed E-state index contributed by atoms with van der Waals surface area (Å²) in [6, 6.07) is 3.58. The zero-order valence-corrected chi connectivity index (χ0v) is 11.5. The Morgan fingerprint density at radius 3 is 1.94 bits per heavy atom. The van der Waals surface area contributed by atoms with Gasteiger partial charge in [-0.1, -0.05) is 41.0 Å². The molecule has 1 rings (SSSR count). The van der Waals surface area contributed by atoms with Crippen LogP contribution in [0.5, 0.6) is 11.5 Å². The van der Waals surface area contributed by atoms with Gasteiger partial charge in [0.15, 0.2) is 0 Å². The molecule has 2 N–H and O–H groups in total. The van der Waals surface area contributed by atoms with Crippen LogP contribution < -0.4 is 0 Å². The lowest BCUT2D eigenvalue weighted by atomic mass is 9.83.